The molecule has 1 unspecified atom stereocenters. The van der Waals surface area contributed by atoms with Gasteiger partial charge in [-0.25, -0.2) is 0 Å². The SMILES string of the molecule is CCSc1oc(C)cc1C1C(C#N)=C(N)N(c2cc(C(F)(F)F)ccc2Cl)C2=C1C(=O)CCC2. The fourth-order valence-corrected chi connectivity index (χ4v) is 5.49. The highest BCUT2D eigenvalue weighted by Crippen LogP contribution is 2.50. The first kappa shape index (κ1) is 24.3. The predicted molar refractivity (Wildman–Crippen MR) is 124 cm³/mol. The van der Waals surface area contributed by atoms with Crippen LogP contribution in [0.3, 0.4) is 0 Å². The number of hydrogen-bond donors (Lipinski definition) is 1. The molecule has 0 fully saturated rings. The maximum atomic E-state index is 13.5. The minimum absolute atomic E-state index is 0.0195. The van der Waals surface area contributed by atoms with Crippen molar-refractivity contribution >= 4 is 34.8 Å². The van der Waals surface area contributed by atoms with E-state index in [1.807, 2.05) is 6.92 Å². The lowest BCUT2D eigenvalue weighted by Crippen LogP contribution is -2.39. The van der Waals surface area contributed by atoms with Crippen LogP contribution in [0.5, 0.6) is 0 Å². The molecule has 2 aliphatic rings. The number of alkyl halides is 3. The summed E-state index contributed by atoms with van der Waals surface area (Å²) in [6.45, 7) is 3.73. The smallest absolute Gasteiger partial charge is 0.416 e. The number of nitrogens with two attached hydrogens (primary N) is 1. The summed E-state index contributed by atoms with van der Waals surface area (Å²) in [4.78, 5) is 14.6. The van der Waals surface area contributed by atoms with Gasteiger partial charge in [-0.1, -0.05) is 30.3 Å². The number of hydrogen-bond acceptors (Lipinski definition) is 6. The van der Waals surface area contributed by atoms with Gasteiger partial charge in [0.25, 0.3) is 0 Å². The molecule has 0 bridgehead atoms. The molecule has 34 heavy (non-hydrogen) atoms. The van der Waals surface area contributed by atoms with Crippen molar-refractivity contribution in [3.8, 4) is 6.07 Å². The Labute approximate surface area is 204 Å². The van der Waals surface area contributed by atoms with Gasteiger partial charge in [0, 0.05) is 23.3 Å². The van der Waals surface area contributed by atoms with E-state index in [4.69, 9.17) is 21.8 Å². The number of nitriles is 1. The average molecular weight is 508 g/mol. The van der Waals surface area contributed by atoms with Crippen molar-refractivity contribution in [1.82, 2.24) is 0 Å². The Bertz CT molecular complexity index is 1270. The molecule has 1 atom stereocenters. The summed E-state index contributed by atoms with van der Waals surface area (Å²) in [7, 11) is 0. The quantitative estimate of drug-likeness (QED) is 0.465. The summed E-state index contributed by atoms with van der Waals surface area (Å²) in [5, 5.41) is 10.7. The number of allylic oxidation sites excluding steroid dienone is 3. The molecule has 178 valence electrons. The monoisotopic (exact) mass is 507 g/mol. The number of halogens is 4. The maximum absolute atomic E-state index is 13.5. The maximum Gasteiger partial charge on any atom is 0.416 e. The molecular formula is C24H21ClF3N3O2S. The van der Waals surface area contributed by atoms with Gasteiger partial charge in [-0.15, -0.1) is 0 Å². The van der Waals surface area contributed by atoms with Crippen LogP contribution in [0.1, 0.15) is 49.0 Å². The van der Waals surface area contributed by atoms with Crippen LogP contribution in [-0.2, 0) is 11.0 Å². The molecule has 0 radical (unpaired) electrons. The van der Waals surface area contributed by atoms with Gasteiger partial charge >= 0.3 is 6.18 Å². The van der Waals surface area contributed by atoms with E-state index in [-0.39, 0.29) is 34.3 Å². The van der Waals surface area contributed by atoms with E-state index in [0.717, 1.165) is 18.2 Å². The molecule has 2 aromatic rings. The minimum atomic E-state index is -4.60. The average Bonchev–Trinajstić information content (AvgIpc) is 3.13. The van der Waals surface area contributed by atoms with Gasteiger partial charge in [0.15, 0.2) is 10.9 Å². The summed E-state index contributed by atoms with van der Waals surface area (Å²) >= 11 is 7.77. The first-order valence-corrected chi connectivity index (χ1v) is 12.0. The number of nitrogens with zero attached hydrogens (tertiary/aromatic N) is 2. The zero-order valence-corrected chi connectivity index (χ0v) is 20.0. The lowest BCUT2D eigenvalue weighted by Gasteiger charge is -2.40. The zero-order chi connectivity index (χ0) is 24.8. The number of thioether (sulfide) groups is 1. The highest BCUT2D eigenvalue weighted by atomic mass is 35.5. The Kier molecular flexibility index (Phi) is 6.49. The zero-order valence-electron chi connectivity index (χ0n) is 18.4. The van der Waals surface area contributed by atoms with Crippen LogP contribution < -0.4 is 10.6 Å². The van der Waals surface area contributed by atoms with E-state index in [1.165, 1.54) is 16.7 Å². The van der Waals surface area contributed by atoms with Crippen LogP contribution in [0.2, 0.25) is 5.02 Å². The Morgan fingerprint density at radius 2 is 2.06 bits per heavy atom. The molecule has 1 aliphatic heterocycles. The van der Waals surface area contributed by atoms with Crippen molar-refractivity contribution in [2.45, 2.75) is 50.3 Å². The van der Waals surface area contributed by atoms with E-state index in [9.17, 15) is 23.2 Å². The van der Waals surface area contributed by atoms with Crippen LogP contribution in [0.25, 0.3) is 0 Å². The molecule has 5 nitrogen and oxygen atoms in total. The number of anilines is 1. The van der Waals surface area contributed by atoms with Crippen LogP contribution >= 0.6 is 23.4 Å². The van der Waals surface area contributed by atoms with Crippen molar-refractivity contribution in [1.29, 1.82) is 5.26 Å². The van der Waals surface area contributed by atoms with Gasteiger partial charge in [0.2, 0.25) is 0 Å². The summed E-state index contributed by atoms with van der Waals surface area (Å²) in [6, 6.07) is 6.82. The molecule has 1 aromatic heterocycles. The van der Waals surface area contributed by atoms with Gasteiger partial charge in [-0.2, -0.15) is 18.4 Å². The second kappa shape index (κ2) is 9.08. The number of rotatable bonds is 4. The third-order valence-corrected chi connectivity index (χ3v) is 7.05. The van der Waals surface area contributed by atoms with Gasteiger partial charge in [0.1, 0.15) is 11.6 Å². The van der Waals surface area contributed by atoms with E-state index in [2.05, 4.69) is 6.07 Å². The Hall–Kier alpha value is -2.83. The predicted octanol–water partition coefficient (Wildman–Crippen LogP) is 6.68. The number of furan rings is 1. The van der Waals surface area contributed by atoms with E-state index in [1.54, 1.807) is 13.0 Å². The second-order valence-electron chi connectivity index (χ2n) is 8.01. The molecule has 10 heteroatoms. The van der Waals surface area contributed by atoms with Crippen LogP contribution in [0.15, 0.2) is 56.4 Å². The molecule has 2 heterocycles. The summed E-state index contributed by atoms with van der Waals surface area (Å²) in [5.74, 6) is 0.342. The van der Waals surface area contributed by atoms with Crippen LogP contribution in [0, 0.1) is 18.3 Å². The Balaban J connectivity index is 2.00. The van der Waals surface area contributed by atoms with Crippen molar-refractivity contribution in [2.24, 2.45) is 5.73 Å². The largest absolute Gasteiger partial charge is 0.455 e. The highest BCUT2D eigenvalue weighted by Gasteiger charge is 2.43. The van der Waals surface area contributed by atoms with Crippen molar-refractivity contribution in [2.75, 3.05) is 10.7 Å². The standard InChI is InChI=1S/C24H21ClF3N3O2S/c1-3-34-23-14(9-12(2)33-23)20-15(11-29)22(30)31(17-5-4-6-19(32)21(17)20)18-10-13(24(26,27)28)7-8-16(18)25/h7-10,20H,3-6,30H2,1-2H3. The number of carbonyl (C=O) groups excluding carboxylic acids is 1. The van der Waals surface area contributed by atoms with Gasteiger partial charge in [-0.05, 0) is 49.8 Å². The third-order valence-electron chi connectivity index (χ3n) is 5.86. The molecule has 0 saturated heterocycles. The fraction of sp³-hybridized carbons (Fsp3) is 0.333. The third kappa shape index (κ3) is 4.10. The molecule has 0 saturated carbocycles. The first-order chi connectivity index (χ1) is 16.1. The second-order valence-corrected chi connectivity index (χ2v) is 9.66. The first-order valence-electron chi connectivity index (χ1n) is 10.6. The molecule has 0 spiro atoms. The lowest BCUT2D eigenvalue weighted by molar-refractivity contribution is -0.137. The van der Waals surface area contributed by atoms with E-state index >= 15 is 0 Å². The van der Waals surface area contributed by atoms with Gasteiger partial charge in [0.05, 0.1) is 33.8 Å². The minimum Gasteiger partial charge on any atom is -0.455 e. The normalized spacial score (nSPS) is 18.9. The lowest BCUT2D eigenvalue weighted by atomic mass is 9.76. The van der Waals surface area contributed by atoms with Crippen molar-refractivity contribution in [3.05, 3.63) is 68.8 Å². The number of benzene rings is 1. The molecule has 0 amide bonds. The molecule has 4 rings (SSSR count). The molecule has 2 N–H and O–H groups in total. The molecular weight excluding hydrogens is 487 g/mol. The number of carbonyl (C=O) groups is 1. The van der Waals surface area contributed by atoms with Crippen molar-refractivity contribution < 1.29 is 22.4 Å². The highest BCUT2D eigenvalue weighted by molar-refractivity contribution is 7.99. The molecule has 1 aliphatic carbocycles. The van der Waals surface area contributed by atoms with Crippen LogP contribution in [-0.4, -0.2) is 11.5 Å². The van der Waals surface area contributed by atoms with E-state index < -0.39 is 17.7 Å². The molecule has 1 aromatic carbocycles. The van der Waals surface area contributed by atoms with Crippen molar-refractivity contribution in [3.63, 3.8) is 0 Å². The number of ketones is 1. The Morgan fingerprint density at radius 3 is 2.71 bits per heavy atom. The number of aryl methyl sites for hydroxylation is 1. The Morgan fingerprint density at radius 1 is 1.32 bits per heavy atom. The summed E-state index contributed by atoms with van der Waals surface area (Å²) < 4.78 is 46.2. The fourth-order valence-electron chi connectivity index (χ4n) is 4.49. The summed E-state index contributed by atoms with van der Waals surface area (Å²) in [6.07, 6.45) is -3.43. The summed E-state index contributed by atoms with van der Waals surface area (Å²) in [5.41, 5.74) is 7.08. The van der Waals surface area contributed by atoms with Crippen LogP contribution in [0.4, 0.5) is 18.9 Å². The number of Topliss-reactive ketones (excluding diaryl/α,β-unsaturated/α-hetero) is 1. The van der Waals surface area contributed by atoms with Gasteiger partial charge < -0.3 is 10.2 Å². The van der Waals surface area contributed by atoms with Gasteiger partial charge in [-0.3, -0.25) is 9.69 Å². The topological polar surface area (TPSA) is 83.3 Å². The van der Waals surface area contributed by atoms with E-state index in [0.29, 0.717) is 46.3 Å².